The number of ether oxygens (including phenoxy) is 2. The number of methoxy groups -OCH3 is 2. The van der Waals surface area contributed by atoms with Crippen LogP contribution in [0.15, 0.2) is 48.7 Å². The number of benzene rings is 2. The van der Waals surface area contributed by atoms with E-state index < -0.39 is 0 Å². The Morgan fingerprint density at radius 1 is 1.04 bits per heavy atom. The first-order chi connectivity index (χ1) is 11.7. The van der Waals surface area contributed by atoms with Gasteiger partial charge in [-0.05, 0) is 41.3 Å². The molecule has 5 nitrogen and oxygen atoms in total. The lowest BCUT2D eigenvalue weighted by Gasteiger charge is -2.13. The number of hydrogen-bond acceptors (Lipinski definition) is 5. The summed E-state index contributed by atoms with van der Waals surface area (Å²) in [5.74, 6) is 2.46. The second-order valence-corrected chi connectivity index (χ2v) is 5.45. The number of nitrogens with zero attached hydrogens (tertiary/aromatic N) is 1. The van der Waals surface area contributed by atoms with Crippen molar-refractivity contribution in [3.8, 4) is 11.5 Å². The third kappa shape index (κ3) is 3.26. The van der Waals surface area contributed by atoms with Crippen LogP contribution >= 0.6 is 0 Å². The summed E-state index contributed by atoms with van der Waals surface area (Å²) in [6.07, 6.45) is 1.80. The van der Waals surface area contributed by atoms with E-state index in [0.717, 1.165) is 39.2 Å². The molecule has 5 heteroatoms. The van der Waals surface area contributed by atoms with Crippen LogP contribution in [0.1, 0.15) is 11.1 Å². The molecule has 2 aromatic carbocycles. The molecule has 1 heterocycles. The van der Waals surface area contributed by atoms with E-state index in [1.807, 2.05) is 36.4 Å². The minimum absolute atomic E-state index is 0.441. The van der Waals surface area contributed by atoms with E-state index in [4.69, 9.17) is 15.2 Å². The SMILES string of the molecule is COc1ccc(CNc2nccc3cc(CN)c(OC)cc23)cc1. The van der Waals surface area contributed by atoms with Gasteiger partial charge in [-0.15, -0.1) is 0 Å². The van der Waals surface area contributed by atoms with E-state index in [1.165, 1.54) is 0 Å². The summed E-state index contributed by atoms with van der Waals surface area (Å²) in [6.45, 7) is 1.12. The number of aromatic nitrogens is 1. The molecular weight excluding hydrogens is 302 g/mol. The summed E-state index contributed by atoms with van der Waals surface area (Å²) in [7, 11) is 3.32. The zero-order chi connectivity index (χ0) is 16.9. The van der Waals surface area contributed by atoms with Gasteiger partial charge in [-0.2, -0.15) is 0 Å². The Morgan fingerprint density at radius 2 is 1.83 bits per heavy atom. The van der Waals surface area contributed by atoms with Crippen LogP contribution in [0.4, 0.5) is 5.82 Å². The molecule has 0 fully saturated rings. The highest BCUT2D eigenvalue weighted by Gasteiger charge is 2.08. The average Bonchev–Trinajstić information content (AvgIpc) is 2.65. The molecule has 0 unspecified atom stereocenters. The Bertz CT molecular complexity index is 832. The molecule has 3 aromatic rings. The van der Waals surface area contributed by atoms with Crippen molar-refractivity contribution >= 4 is 16.6 Å². The summed E-state index contributed by atoms with van der Waals surface area (Å²) in [6, 6.07) is 14.0. The lowest BCUT2D eigenvalue weighted by molar-refractivity contribution is 0.410. The molecule has 0 saturated heterocycles. The molecule has 124 valence electrons. The Labute approximate surface area is 141 Å². The molecule has 0 radical (unpaired) electrons. The van der Waals surface area contributed by atoms with Crippen LogP contribution in [0.25, 0.3) is 10.8 Å². The first-order valence-corrected chi connectivity index (χ1v) is 7.77. The standard InChI is InChI=1S/C19H21N3O2/c1-23-16-5-3-13(4-6-16)12-22-19-17-10-18(24-2)15(11-20)9-14(17)7-8-21-19/h3-10H,11-12,20H2,1-2H3,(H,21,22). The van der Waals surface area contributed by atoms with Crippen LogP contribution in [-0.2, 0) is 13.1 Å². The zero-order valence-corrected chi connectivity index (χ0v) is 13.9. The molecule has 0 saturated carbocycles. The van der Waals surface area contributed by atoms with Gasteiger partial charge in [0.05, 0.1) is 14.2 Å². The molecule has 0 aliphatic heterocycles. The van der Waals surface area contributed by atoms with Gasteiger partial charge >= 0.3 is 0 Å². The normalized spacial score (nSPS) is 10.6. The van der Waals surface area contributed by atoms with Crippen LogP contribution in [0.3, 0.4) is 0 Å². The number of rotatable bonds is 6. The minimum Gasteiger partial charge on any atom is -0.497 e. The van der Waals surface area contributed by atoms with Crippen molar-refractivity contribution < 1.29 is 9.47 Å². The third-order valence-electron chi connectivity index (χ3n) is 4.00. The zero-order valence-electron chi connectivity index (χ0n) is 13.9. The Morgan fingerprint density at radius 3 is 2.50 bits per heavy atom. The van der Waals surface area contributed by atoms with Gasteiger partial charge in [-0.25, -0.2) is 4.98 Å². The molecule has 0 atom stereocenters. The summed E-state index contributed by atoms with van der Waals surface area (Å²) in [5, 5.41) is 5.49. The fourth-order valence-electron chi connectivity index (χ4n) is 2.67. The van der Waals surface area contributed by atoms with Crippen LogP contribution in [-0.4, -0.2) is 19.2 Å². The van der Waals surface area contributed by atoms with E-state index in [-0.39, 0.29) is 0 Å². The van der Waals surface area contributed by atoms with Crippen molar-refractivity contribution in [2.24, 2.45) is 5.73 Å². The fraction of sp³-hybridized carbons (Fsp3) is 0.211. The second kappa shape index (κ2) is 7.19. The number of pyridine rings is 1. The quantitative estimate of drug-likeness (QED) is 0.728. The van der Waals surface area contributed by atoms with Crippen molar-refractivity contribution in [1.29, 1.82) is 0 Å². The summed E-state index contributed by atoms with van der Waals surface area (Å²) in [5.41, 5.74) is 7.93. The molecule has 3 N–H and O–H groups in total. The molecule has 0 aliphatic carbocycles. The van der Waals surface area contributed by atoms with Crippen molar-refractivity contribution in [3.05, 3.63) is 59.8 Å². The highest BCUT2D eigenvalue weighted by molar-refractivity contribution is 5.93. The summed E-state index contributed by atoms with van der Waals surface area (Å²) in [4.78, 5) is 4.46. The first kappa shape index (κ1) is 16.1. The highest BCUT2D eigenvalue weighted by Crippen LogP contribution is 2.29. The molecule has 24 heavy (non-hydrogen) atoms. The molecule has 3 rings (SSSR count). The van der Waals surface area contributed by atoms with Gasteiger partial charge in [0.1, 0.15) is 17.3 Å². The maximum absolute atomic E-state index is 5.79. The van der Waals surface area contributed by atoms with E-state index in [1.54, 1.807) is 20.4 Å². The van der Waals surface area contributed by atoms with Gasteiger partial charge in [-0.3, -0.25) is 0 Å². The predicted octanol–water partition coefficient (Wildman–Crippen LogP) is 3.32. The monoisotopic (exact) mass is 323 g/mol. The van der Waals surface area contributed by atoms with Crippen LogP contribution < -0.4 is 20.5 Å². The van der Waals surface area contributed by atoms with Crippen molar-refractivity contribution in [1.82, 2.24) is 4.98 Å². The number of nitrogens with one attached hydrogen (secondary N) is 1. The second-order valence-electron chi connectivity index (χ2n) is 5.45. The van der Waals surface area contributed by atoms with Crippen molar-refractivity contribution in [2.75, 3.05) is 19.5 Å². The molecular formula is C19H21N3O2. The number of fused-ring (bicyclic) bond motifs is 1. The Balaban J connectivity index is 1.88. The van der Waals surface area contributed by atoms with Crippen molar-refractivity contribution in [3.63, 3.8) is 0 Å². The van der Waals surface area contributed by atoms with Crippen LogP contribution in [0.2, 0.25) is 0 Å². The van der Waals surface area contributed by atoms with Gasteiger partial charge in [0.15, 0.2) is 0 Å². The average molecular weight is 323 g/mol. The van der Waals surface area contributed by atoms with Gasteiger partial charge in [0.25, 0.3) is 0 Å². The maximum Gasteiger partial charge on any atom is 0.134 e. The lowest BCUT2D eigenvalue weighted by atomic mass is 10.1. The largest absolute Gasteiger partial charge is 0.497 e. The van der Waals surface area contributed by atoms with E-state index in [9.17, 15) is 0 Å². The Hall–Kier alpha value is -2.79. The van der Waals surface area contributed by atoms with Crippen LogP contribution in [0, 0.1) is 0 Å². The number of hydrogen-bond donors (Lipinski definition) is 2. The number of nitrogens with two attached hydrogens (primary N) is 1. The smallest absolute Gasteiger partial charge is 0.134 e. The van der Waals surface area contributed by atoms with Gasteiger partial charge in [0.2, 0.25) is 0 Å². The van der Waals surface area contributed by atoms with Gasteiger partial charge < -0.3 is 20.5 Å². The molecule has 0 aliphatic rings. The highest BCUT2D eigenvalue weighted by atomic mass is 16.5. The summed E-state index contributed by atoms with van der Waals surface area (Å²) >= 11 is 0. The topological polar surface area (TPSA) is 69.4 Å². The van der Waals surface area contributed by atoms with Crippen molar-refractivity contribution in [2.45, 2.75) is 13.1 Å². The lowest BCUT2D eigenvalue weighted by Crippen LogP contribution is -2.03. The van der Waals surface area contributed by atoms with E-state index in [0.29, 0.717) is 13.1 Å². The Kier molecular flexibility index (Phi) is 4.82. The van der Waals surface area contributed by atoms with Gasteiger partial charge in [-0.1, -0.05) is 12.1 Å². The molecule has 0 amide bonds. The maximum atomic E-state index is 5.79. The fourth-order valence-corrected chi connectivity index (χ4v) is 2.67. The van der Waals surface area contributed by atoms with Crippen LogP contribution in [0.5, 0.6) is 11.5 Å². The number of anilines is 1. The molecule has 0 spiro atoms. The van der Waals surface area contributed by atoms with Gasteiger partial charge in [0, 0.05) is 30.2 Å². The first-order valence-electron chi connectivity index (χ1n) is 7.77. The van der Waals surface area contributed by atoms with E-state index in [2.05, 4.69) is 16.4 Å². The summed E-state index contributed by atoms with van der Waals surface area (Å²) < 4.78 is 10.6. The van der Waals surface area contributed by atoms with E-state index >= 15 is 0 Å². The molecule has 1 aromatic heterocycles. The predicted molar refractivity (Wildman–Crippen MR) is 96.5 cm³/mol. The minimum atomic E-state index is 0.441. The molecule has 0 bridgehead atoms. The third-order valence-corrected chi connectivity index (χ3v) is 4.00.